The highest BCUT2D eigenvalue weighted by Gasteiger charge is 2.22. The summed E-state index contributed by atoms with van der Waals surface area (Å²) in [7, 11) is 0. The molecule has 35 heavy (non-hydrogen) atoms. The van der Waals surface area contributed by atoms with Gasteiger partial charge in [-0.3, -0.25) is 9.36 Å². The lowest BCUT2D eigenvalue weighted by molar-refractivity contribution is -0.115. The van der Waals surface area contributed by atoms with E-state index in [1.807, 2.05) is 93.8 Å². The first-order valence-corrected chi connectivity index (χ1v) is 13.2. The van der Waals surface area contributed by atoms with Gasteiger partial charge >= 0.3 is 0 Å². The fourth-order valence-corrected chi connectivity index (χ4v) is 5.39. The summed E-state index contributed by atoms with van der Waals surface area (Å²) >= 11 is 2.91. The van der Waals surface area contributed by atoms with Gasteiger partial charge in [0.2, 0.25) is 5.91 Å². The van der Waals surface area contributed by atoms with Crippen LogP contribution in [-0.4, -0.2) is 35.9 Å². The maximum Gasteiger partial charge on any atom is 0.237 e. The van der Waals surface area contributed by atoms with Crippen molar-refractivity contribution in [3.8, 4) is 5.69 Å². The lowest BCUT2D eigenvalue weighted by Gasteiger charge is -2.16. The van der Waals surface area contributed by atoms with Gasteiger partial charge in [0.25, 0.3) is 0 Å². The molecule has 0 aliphatic rings. The first-order valence-electron chi connectivity index (χ1n) is 11.3. The van der Waals surface area contributed by atoms with Gasteiger partial charge in [0, 0.05) is 22.8 Å². The molecule has 9 heteroatoms. The summed E-state index contributed by atoms with van der Waals surface area (Å²) in [4.78, 5) is 22.1. The Morgan fingerprint density at radius 1 is 0.943 bits per heavy atom. The van der Waals surface area contributed by atoms with Gasteiger partial charge in [0.1, 0.15) is 5.82 Å². The molecule has 2 heterocycles. The number of rotatable bonds is 8. The molecular formula is C26H28N6OS2. The van der Waals surface area contributed by atoms with Crippen LogP contribution in [0.2, 0.25) is 0 Å². The number of nitrogens with one attached hydrogen (secondary N) is 1. The molecule has 1 amide bonds. The van der Waals surface area contributed by atoms with Gasteiger partial charge < -0.3 is 5.32 Å². The zero-order chi connectivity index (χ0) is 24.9. The van der Waals surface area contributed by atoms with Crippen LogP contribution >= 0.6 is 23.5 Å². The van der Waals surface area contributed by atoms with Crippen molar-refractivity contribution < 1.29 is 4.79 Å². The van der Waals surface area contributed by atoms with Gasteiger partial charge in [-0.15, -0.1) is 10.2 Å². The number of hydrogen-bond acceptors (Lipinski definition) is 7. The average Bonchev–Trinajstić information content (AvgIpc) is 3.22. The minimum Gasteiger partial charge on any atom is -0.325 e. The van der Waals surface area contributed by atoms with Crippen molar-refractivity contribution in [3.05, 3.63) is 82.9 Å². The van der Waals surface area contributed by atoms with E-state index in [1.54, 1.807) is 0 Å². The van der Waals surface area contributed by atoms with Gasteiger partial charge in [-0.05, 0) is 63.9 Å². The minimum atomic E-state index is -0.371. The zero-order valence-electron chi connectivity index (χ0n) is 20.4. The standard InChI is InChI=1S/C26H28N6OS2/c1-16-10-9-11-17(2)23(16)29-24(33)20(5)35-26-31-30-22(32(26)21-12-7-6-8-13-21)15-34-25-27-18(3)14-19(4)28-25/h6-14,20H,15H2,1-5H3,(H,29,33)/t20-/m1/s1. The number of hydrogen-bond donors (Lipinski definition) is 1. The summed E-state index contributed by atoms with van der Waals surface area (Å²) in [6, 6.07) is 17.9. The Bertz CT molecular complexity index is 1300. The normalized spacial score (nSPS) is 11.9. The second kappa shape index (κ2) is 11.0. The van der Waals surface area contributed by atoms with Gasteiger partial charge in [-0.25, -0.2) is 9.97 Å². The van der Waals surface area contributed by atoms with E-state index in [0.717, 1.165) is 39.7 Å². The molecule has 4 rings (SSSR count). The number of thioether (sulfide) groups is 2. The van der Waals surface area contributed by atoms with Gasteiger partial charge in [-0.2, -0.15) is 0 Å². The fourth-order valence-electron chi connectivity index (χ4n) is 3.64. The number of aromatic nitrogens is 5. The van der Waals surface area contributed by atoms with E-state index >= 15 is 0 Å². The molecular weight excluding hydrogens is 476 g/mol. The van der Waals surface area contributed by atoms with E-state index in [2.05, 4.69) is 25.5 Å². The Morgan fingerprint density at radius 3 is 2.26 bits per heavy atom. The number of carbonyl (C=O) groups is 1. The predicted octanol–water partition coefficient (Wildman–Crippen LogP) is 5.70. The molecule has 0 fully saturated rings. The van der Waals surface area contributed by atoms with Crippen molar-refractivity contribution in [2.24, 2.45) is 0 Å². The lowest BCUT2D eigenvalue weighted by atomic mass is 10.1. The fraction of sp³-hybridized carbons (Fsp3) is 0.269. The molecule has 4 aromatic rings. The highest BCUT2D eigenvalue weighted by molar-refractivity contribution is 8.00. The molecule has 2 aromatic carbocycles. The smallest absolute Gasteiger partial charge is 0.237 e. The first-order chi connectivity index (χ1) is 16.8. The Hall–Kier alpha value is -3.17. The first kappa shape index (κ1) is 24.9. The van der Waals surface area contributed by atoms with Crippen molar-refractivity contribution in [3.63, 3.8) is 0 Å². The van der Waals surface area contributed by atoms with Crippen LogP contribution in [0.3, 0.4) is 0 Å². The Kier molecular flexibility index (Phi) is 7.87. The molecule has 7 nitrogen and oxygen atoms in total. The number of amides is 1. The molecule has 2 aromatic heterocycles. The van der Waals surface area contributed by atoms with Crippen molar-refractivity contribution in [1.29, 1.82) is 0 Å². The minimum absolute atomic E-state index is 0.0745. The Balaban J connectivity index is 1.56. The highest BCUT2D eigenvalue weighted by Crippen LogP contribution is 2.29. The predicted molar refractivity (Wildman–Crippen MR) is 142 cm³/mol. The van der Waals surface area contributed by atoms with Crippen LogP contribution in [-0.2, 0) is 10.5 Å². The van der Waals surface area contributed by atoms with Crippen LogP contribution in [0.25, 0.3) is 5.69 Å². The molecule has 0 spiro atoms. The second-order valence-corrected chi connectivity index (χ2v) is 10.6. The number of carbonyl (C=O) groups excluding carboxylic acids is 1. The number of benzene rings is 2. The third kappa shape index (κ3) is 6.10. The Labute approximate surface area is 214 Å². The van der Waals surface area contributed by atoms with Crippen molar-refractivity contribution in [2.45, 2.75) is 55.9 Å². The van der Waals surface area contributed by atoms with Crippen LogP contribution in [0.1, 0.15) is 35.3 Å². The summed E-state index contributed by atoms with van der Waals surface area (Å²) < 4.78 is 2.00. The van der Waals surface area contributed by atoms with Crippen LogP contribution in [0.5, 0.6) is 0 Å². The maximum absolute atomic E-state index is 13.0. The summed E-state index contributed by atoms with van der Waals surface area (Å²) in [6.45, 7) is 9.80. The number of nitrogens with zero attached hydrogens (tertiary/aromatic N) is 5. The summed E-state index contributed by atoms with van der Waals surface area (Å²) in [5, 5.41) is 13.0. The molecule has 180 valence electrons. The van der Waals surface area contributed by atoms with Crippen LogP contribution in [0.15, 0.2) is 64.9 Å². The molecule has 0 aliphatic carbocycles. The van der Waals surface area contributed by atoms with Crippen molar-refractivity contribution >= 4 is 35.1 Å². The second-order valence-electron chi connectivity index (χ2n) is 8.31. The summed E-state index contributed by atoms with van der Waals surface area (Å²) in [6.07, 6.45) is 0. The van der Waals surface area contributed by atoms with Crippen LogP contribution in [0, 0.1) is 27.7 Å². The van der Waals surface area contributed by atoms with Crippen molar-refractivity contribution in [2.75, 3.05) is 5.32 Å². The molecule has 1 N–H and O–H groups in total. The summed E-state index contributed by atoms with van der Waals surface area (Å²) in [5.41, 5.74) is 5.75. The molecule has 0 saturated carbocycles. The number of anilines is 1. The number of para-hydroxylation sites is 2. The van der Waals surface area contributed by atoms with E-state index in [9.17, 15) is 4.79 Å². The van der Waals surface area contributed by atoms with Crippen LogP contribution < -0.4 is 5.32 Å². The van der Waals surface area contributed by atoms with E-state index in [-0.39, 0.29) is 11.2 Å². The van der Waals surface area contributed by atoms with Gasteiger partial charge in [-0.1, -0.05) is 59.9 Å². The molecule has 0 unspecified atom stereocenters. The quantitative estimate of drug-likeness (QED) is 0.243. The monoisotopic (exact) mass is 504 g/mol. The zero-order valence-corrected chi connectivity index (χ0v) is 22.1. The van der Waals surface area contributed by atoms with Crippen molar-refractivity contribution in [1.82, 2.24) is 24.7 Å². The van der Waals surface area contributed by atoms with E-state index < -0.39 is 0 Å². The molecule has 0 saturated heterocycles. The lowest BCUT2D eigenvalue weighted by Crippen LogP contribution is -2.23. The third-order valence-electron chi connectivity index (χ3n) is 5.39. The third-order valence-corrected chi connectivity index (χ3v) is 7.27. The van der Waals surface area contributed by atoms with E-state index in [0.29, 0.717) is 16.1 Å². The Morgan fingerprint density at radius 2 is 1.60 bits per heavy atom. The SMILES string of the molecule is Cc1cc(C)nc(SCc2nnc(S[C@H](C)C(=O)Nc3c(C)cccc3C)n2-c2ccccc2)n1. The molecule has 0 aliphatic heterocycles. The van der Waals surface area contributed by atoms with Crippen LogP contribution in [0.4, 0.5) is 5.69 Å². The highest BCUT2D eigenvalue weighted by atomic mass is 32.2. The topological polar surface area (TPSA) is 85.6 Å². The van der Waals surface area contributed by atoms with Gasteiger partial charge in [0.05, 0.1) is 11.0 Å². The largest absolute Gasteiger partial charge is 0.325 e. The van der Waals surface area contributed by atoms with Gasteiger partial charge in [0.15, 0.2) is 10.3 Å². The molecule has 0 bridgehead atoms. The maximum atomic E-state index is 13.0. The molecule has 1 atom stereocenters. The summed E-state index contributed by atoms with van der Waals surface area (Å²) in [5.74, 6) is 1.25. The molecule has 0 radical (unpaired) electrons. The van der Waals surface area contributed by atoms with E-state index in [1.165, 1.54) is 23.5 Å². The average molecular weight is 505 g/mol. The van der Waals surface area contributed by atoms with E-state index in [4.69, 9.17) is 0 Å². The number of aryl methyl sites for hydroxylation is 4.